The number of benzene rings is 2. The van der Waals surface area contributed by atoms with Gasteiger partial charge >= 0.3 is 0 Å². The van der Waals surface area contributed by atoms with Crippen LogP contribution in [0.15, 0.2) is 53.3 Å². The summed E-state index contributed by atoms with van der Waals surface area (Å²) in [5.41, 5.74) is 2.72. The highest BCUT2D eigenvalue weighted by molar-refractivity contribution is 7.22. The Kier molecular flexibility index (Phi) is 4.42. The molecule has 4 rings (SSSR count). The Labute approximate surface area is 154 Å². The Hall–Kier alpha value is -2.73. The standard InChI is InChI=1S/C20H18FN3OS/c1-3-12(2)23-20-24-16-9-8-13(10-17(16)26-20)19-18(22-11-25-19)14-6-4-5-7-15(14)21/h4-12H,3H2,1-2H3,(H,23,24)/t12-/m1/s1. The molecule has 4 aromatic rings. The van der Waals surface area contributed by atoms with Gasteiger partial charge in [0.15, 0.2) is 17.3 Å². The molecular weight excluding hydrogens is 349 g/mol. The van der Waals surface area contributed by atoms with Gasteiger partial charge in [-0.2, -0.15) is 0 Å². The Balaban J connectivity index is 1.74. The largest absolute Gasteiger partial charge is 0.443 e. The van der Waals surface area contributed by atoms with Gasteiger partial charge in [-0.25, -0.2) is 14.4 Å². The summed E-state index contributed by atoms with van der Waals surface area (Å²) >= 11 is 1.60. The number of hydrogen-bond donors (Lipinski definition) is 1. The molecule has 132 valence electrons. The first-order chi connectivity index (χ1) is 12.7. The molecule has 0 bridgehead atoms. The van der Waals surface area contributed by atoms with E-state index in [4.69, 9.17) is 4.42 Å². The van der Waals surface area contributed by atoms with Crippen LogP contribution in [0.5, 0.6) is 0 Å². The van der Waals surface area contributed by atoms with E-state index in [1.165, 1.54) is 12.5 Å². The lowest BCUT2D eigenvalue weighted by molar-refractivity contribution is 0.572. The van der Waals surface area contributed by atoms with Crippen molar-refractivity contribution in [2.24, 2.45) is 0 Å². The molecule has 0 aliphatic rings. The smallest absolute Gasteiger partial charge is 0.183 e. The van der Waals surface area contributed by atoms with Crippen LogP contribution in [-0.4, -0.2) is 16.0 Å². The highest BCUT2D eigenvalue weighted by Crippen LogP contribution is 2.36. The van der Waals surface area contributed by atoms with Crippen LogP contribution in [0.1, 0.15) is 20.3 Å². The molecule has 2 aromatic heterocycles. The van der Waals surface area contributed by atoms with Gasteiger partial charge in [-0.05, 0) is 43.7 Å². The molecule has 0 aliphatic heterocycles. The van der Waals surface area contributed by atoms with Gasteiger partial charge in [-0.3, -0.25) is 0 Å². The Morgan fingerprint density at radius 2 is 2.08 bits per heavy atom. The fourth-order valence-corrected chi connectivity index (χ4v) is 3.75. The molecule has 1 N–H and O–H groups in total. The van der Waals surface area contributed by atoms with Crippen LogP contribution < -0.4 is 5.32 Å². The van der Waals surface area contributed by atoms with Crippen molar-refractivity contribution in [3.63, 3.8) is 0 Å². The zero-order valence-electron chi connectivity index (χ0n) is 14.5. The number of thiazole rings is 1. The van der Waals surface area contributed by atoms with E-state index in [1.807, 2.05) is 18.2 Å². The molecular formula is C20H18FN3OS. The number of oxazole rings is 1. The van der Waals surface area contributed by atoms with Crippen molar-refractivity contribution in [2.75, 3.05) is 5.32 Å². The predicted octanol–water partition coefficient (Wildman–Crippen LogP) is 5.97. The Morgan fingerprint density at radius 1 is 1.23 bits per heavy atom. The fraction of sp³-hybridized carbons (Fsp3) is 0.200. The van der Waals surface area contributed by atoms with Gasteiger partial charge in [0.1, 0.15) is 11.5 Å². The predicted molar refractivity (Wildman–Crippen MR) is 104 cm³/mol. The van der Waals surface area contributed by atoms with Crippen LogP contribution in [0.2, 0.25) is 0 Å². The van der Waals surface area contributed by atoms with E-state index in [9.17, 15) is 4.39 Å². The van der Waals surface area contributed by atoms with Gasteiger partial charge in [0.25, 0.3) is 0 Å². The molecule has 0 spiro atoms. The number of aromatic nitrogens is 2. The second-order valence-corrected chi connectivity index (χ2v) is 7.20. The third kappa shape index (κ3) is 3.08. The summed E-state index contributed by atoms with van der Waals surface area (Å²) in [6, 6.07) is 12.8. The lowest BCUT2D eigenvalue weighted by atomic mass is 10.1. The molecule has 1 atom stereocenters. The van der Waals surface area contributed by atoms with Gasteiger partial charge < -0.3 is 9.73 Å². The summed E-state index contributed by atoms with van der Waals surface area (Å²) in [7, 11) is 0. The molecule has 0 amide bonds. The first-order valence-electron chi connectivity index (χ1n) is 8.51. The number of halogens is 1. The quantitative estimate of drug-likeness (QED) is 0.472. The number of rotatable bonds is 5. The first kappa shape index (κ1) is 16.7. The minimum Gasteiger partial charge on any atom is -0.443 e. The van der Waals surface area contributed by atoms with Crippen LogP contribution in [0.4, 0.5) is 9.52 Å². The van der Waals surface area contributed by atoms with E-state index >= 15 is 0 Å². The van der Waals surface area contributed by atoms with E-state index in [0.29, 0.717) is 23.1 Å². The van der Waals surface area contributed by atoms with Crippen molar-refractivity contribution in [1.82, 2.24) is 9.97 Å². The SMILES string of the molecule is CC[C@@H](C)Nc1nc2ccc(-c3ocnc3-c3ccccc3F)cc2s1. The second kappa shape index (κ2) is 6.88. The number of anilines is 1. The number of nitrogens with one attached hydrogen (secondary N) is 1. The average Bonchev–Trinajstić information content (AvgIpc) is 3.27. The van der Waals surface area contributed by atoms with Crippen LogP contribution >= 0.6 is 11.3 Å². The summed E-state index contributed by atoms with van der Waals surface area (Å²) in [4.78, 5) is 8.85. The van der Waals surface area contributed by atoms with Gasteiger partial charge in [-0.1, -0.05) is 30.4 Å². The lowest BCUT2D eigenvalue weighted by Gasteiger charge is -2.08. The highest BCUT2D eigenvalue weighted by Gasteiger charge is 2.17. The number of hydrogen-bond acceptors (Lipinski definition) is 5. The van der Waals surface area contributed by atoms with E-state index < -0.39 is 0 Å². The van der Waals surface area contributed by atoms with Crippen LogP contribution in [0.3, 0.4) is 0 Å². The van der Waals surface area contributed by atoms with E-state index in [1.54, 1.807) is 29.5 Å². The van der Waals surface area contributed by atoms with Crippen molar-refractivity contribution in [1.29, 1.82) is 0 Å². The highest BCUT2D eigenvalue weighted by atomic mass is 32.1. The molecule has 0 unspecified atom stereocenters. The fourth-order valence-electron chi connectivity index (χ4n) is 2.74. The van der Waals surface area contributed by atoms with E-state index in [-0.39, 0.29) is 5.82 Å². The molecule has 6 heteroatoms. The Bertz CT molecular complexity index is 1060. The van der Waals surface area contributed by atoms with Crippen molar-refractivity contribution in [2.45, 2.75) is 26.3 Å². The van der Waals surface area contributed by atoms with Crippen molar-refractivity contribution in [3.8, 4) is 22.6 Å². The van der Waals surface area contributed by atoms with E-state index in [0.717, 1.165) is 27.3 Å². The number of nitrogens with zero attached hydrogens (tertiary/aromatic N) is 2. The minimum absolute atomic E-state index is 0.318. The molecule has 0 radical (unpaired) electrons. The maximum atomic E-state index is 14.2. The van der Waals surface area contributed by atoms with Gasteiger partial charge in [0.2, 0.25) is 0 Å². The average molecular weight is 367 g/mol. The monoisotopic (exact) mass is 367 g/mol. The summed E-state index contributed by atoms with van der Waals surface area (Å²) < 4.78 is 20.8. The zero-order valence-corrected chi connectivity index (χ0v) is 15.3. The second-order valence-electron chi connectivity index (χ2n) is 6.17. The minimum atomic E-state index is -0.318. The molecule has 2 heterocycles. The molecule has 0 saturated heterocycles. The molecule has 2 aromatic carbocycles. The maximum Gasteiger partial charge on any atom is 0.183 e. The molecule has 0 saturated carbocycles. The molecule has 4 nitrogen and oxygen atoms in total. The van der Waals surface area contributed by atoms with Gasteiger partial charge in [0.05, 0.1) is 10.2 Å². The van der Waals surface area contributed by atoms with E-state index in [2.05, 4.69) is 29.1 Å². The molecule has 0 fully saturated rings. The Morgan fingerprint density at radius 3 is 2.88 bits per heavy atom. The third-order valence-electron chi connectivity index (χ3n) is 4.33. The summed E-state index contributed by atoms with van der Waals surface area (Å²) in [6.45, 7) is 4.27. The summed E-state index contributed by atoms with van der Waals surface area (Å²) in [5.74, 6) is 0.239. The zero-order chi connectivity index (χ0) is 18.1. The van der Waals surface area contributed by atoms with Gasteiger partial charge in [-0.15, -0.1) is 0 Å². The topological polar surface area (TPSA) is 51.0 Å². The first-order valence-corrected chi connectivity index (χ1v) is 9.33. The maximum absolute atomic E-state index is 14.2. The lowest BCUT2D eigenvalue weighted by Crippen LogP contribution is -2.12. The third-order valence-corrected chi connectivity index (χ3v) is 5.28. The molecule has 26 heavy (non-hydrogen) atoms. The van der Waals surface area contributed by atoms with Gasteiger partial charge in [0, 0.05) is 17.2 Å². The summed E-state index contributed by atoms with van der Waals surface area (Å²) in [6.07, 6.45) is 2.38. The van der Waals surface area contributed by atoms with Crippen molar-refractivity contribution in [3.05, 3.63) is 54.7 Å². The molecule has 0 aliphatic carbocycles. The summed E-state index contributed by atoms with van der Waals surface area (Å²) in [5, 5.41) is 4.30. The van der Waals surface area contributed by atoms with Crippen LogP contribution in [0.25, 0.3) is 32.8 Å². The van der Waals surface area contributed by atoms with Crippen molar-refractivity contribution < 1.29 is 8.81 Å². The van der Waals surface area contributed by atoms with Crippen LogP contribution in [0, 0.1) is 5.82 Å². The number of fused-ring (bicyclic) bond motifs is 1. The van der Waals surface area contributed by atoms with Crippen molar-refractivity contribution >= 4 is 26.7 Å². The normalized spacial score (nSPS) is 12.4. The van der Waals surface area contributed by atoms with Crippen LogP contribution in [-0.2, 0) is 0 Å².